The maximum atomic E-state index is 13.5. The largest absolute Gasteiger partial charge is 0.450 e. The SMILES string of the molecule is CCCCCCCCC(=O)c1cc2cccc(F)c2o1. The molecular weight excluding hydrogens is 255 g/mol. The van der Waals surface area contributed by atoms with E-state index < -0.39 is 5.82 Å². The molecular formula is C17H21FO2. The fourth-order valence-corrected chi connectivity index (χ4v) is 2.35. The van der Waals surface area contributed by atoms with Gasteiger partial charge >= 0.3 is 0 Å². The van der Waals surface area contributed by atoms with Crippen LogP contribution >= 0.6 is 0 Å². The molecule has 1 heterocycles. The number of carbonyl (C=O) groups excluding carboxylic acids is 1. The number of benzene rings is 1. The minimum absolute atomic E-state index is 0.0314. The number of hydrogen-bond donors (Lipinski definition) is 0. The first-order valence-corrected chi connectivity index (χ1v) is 7.43. The van der Waals surface area contributed by atoms with E-state index in [0.717, 1.165) is 12.8 Å². The van der Waals surface area contributed by atoms with Gasteiger partial charge < -0.3 is 4.42 Å². The van der Waals surface area contributed by atoms with Gasteiger partial charge in [-0.1, -0.05) is 51.2 Å². The summed E-state index contributed by atoms with van der Waals surface area (Å²) in [5.41, 5.74) is 0.179. The van der Waals surface area contributed by atoms with E-state index in [1.165, 1.54) is 31.7 Å². The van der Waals surface area contributed by atoms with Crippen molar-refractivity contribution >= 4 is 16.8 Å². The number of fused-ring (bicyclic) bond motifs is 1. The minimum Gasteiger partial charge on any atom is -0.450 e. The molecule has 0 spiro atoms. The molecule has 0 bridgehead atoms. The Bertz CT molecular complexity index is 571. The molecule has 0 aliphatic heterocycles. The second-order valence-corrected chi connectivity index (χ2v) is 5.21. The number of furan rings is 1. The molecule has 0 aliphatic carbocycles. The average molecular weight is 276 g/mol. The minimum atomic E-state index is -0.416. The number of rotatable bonds is 8. The lowest BCUT2D eigenvalue weighted by atomic mass is 10.1. The Morgan fingerprint density at radius 2 is 1.90 bits per heavy atom. The summed E-state index contributed by atoms with van der Waals surface area (Å²) in [5, 5.41) is 0.649. The molecule has 0 saturated carbocycles. The highest BCUT2D eigenvalue weighted by Gasteiger charge is 2.13. The first kappa shape index (κ1) is 14.8. The van der Waals surface area contributed by atoms with Gasteiger partial charge in [0, 0.05) is 11.8 Å². The van der Waals surface area contributed by atoms with Crippen LogP contribution in [0.3, 0.4) is 0 Å². The summed E-state index contributed by atoms with van der Waals surface area (Å²) in [6, 6.07) is 6.35. The fraction of sp³-hybridized carbons (Fsp3) is 0.471. The van der Waals surface area contributed by atoms with Crippen molar-refractivity contribution in [2.24, 2.45) is 0 Å². The van der Waals surface area contributed by atoms with Crippen molar-refractivity contribution < 1.29 is 13.6 Å². The van der Waals surface area contributed by atoms with E-state index in [1.807, 2.05) is 0 Å². The van der Waals surface area contributed by atoms with Crippen LogP contribution in [0.2, 0.25) is 0 Å². The van der Waals surface area contributed by atoms with Crippen LogP contribution in [0.25, 0.3) is 11.0 Å². The zero-order chi connectivity index (χ0) is 14.4. The van der Waals surface area contributed by atoms with Gasteiger partial charge in [0.05, 0.1) is 0 Å². The Labute approximate surface area is 119 Å². The van der Waals surface area contributed by atoms with E-state index in [9.17, 15) is 9.18 Å². The number of para-hydroxylation sites is 1. The van der Waals surface area contributed by atoms with Gasteiger partial charge in [-0.15, -0.1) is 0 Å². The predicted molar refractivity (Wildman–Crippen MR) is 78.5 cm³/mol. The molecule has 0 unspecified atom stereocenters. The third-order valence-electron chi connectivity index (χ3n) is 3.53. The molecule has 0 fully saturated rings. The van der Waals surface area contributed by atoms with Crippen LogP contribution < -0.4 is 0 Å². The summed E-state index contributed by atoms with van der Waals surface area (Å²) in [6.07, 6.45) is 7.33. The second kappa shape index (κ2) is 7.22. The number of hydrogen-bond acceptors (Lipinski definition) is 2. The molecule has 1 aromatic carbocycles. The van der Waals surface area contributed by atoms with Gasteiger partial charge in [-0.25, -0.2) is 4.39 Å². The fourth-order valence-electron chi connectivity index (χ4n) is 2.35. The van der Waals surface area contributed by atoms with E-state index in [1.54, 1.807) is 18.2 Å². The Kier molecular flexibility index (Phi) is 5.33. The highest BCUT2D eigenvalue weighted by Crippen LogP contribution is 2.23. The molecule has 2 aromatic rings. The second-order valence-electron chi connectivity index (χ2n) is 5.21. The van der Waals surface area contributed by atoms with Crippen LogP contribution in [0.15, 0.2) is 28.7 Å². The van der Waals surface area contributed by atoms with Crippen molar-refractivity contribution in [2.75, 3.05) is 0 Å². The number of carbonyl (C=O) groups is 1. The summed E-state index contributed by atoms with van der Waals surface area (Å²) < 4.78 is 18.8. The molecule has 0 radical (unpaired) electrons. The van der Waals surface area contributed by atoms with Gasteiger partial charge in [-0.3, -0.25) is 4.79 Å². The molecule has 2 rings (SSSR count). The summed E-state index contributed by atoms with van der Waals surface area (Å²) >= 11 is 0. The van der Waals surface area contributed by atoms with Crippen LogP contribution in [0.1, 0.15) is 62.4 Å². The Morgan fingerprint density at radius 3 is 2.65 bits per heavy atom. The van der Waals surface area contributed by atoms with Gasteiger partial charge in [0.25, 0.3) is 0 Å². The number of halogens is 1. The maximum Gasteiger partial charge on any atom is 0.198 e. The van der Waals surface area contributed by atoms with Crippen LogP contribution in [-0.4, -0.2) is 5.78 Å². The van der Waals surface area contributed by atoms with Crippen LogP contribution in [0.4, 0.5) is 4.39 Å². The van der Waals surface area contributed by atoms with Crippen LogP contribution in [-0.2, 0) is 0 Å². The van der Waals surface area contributed by atoms with Crippen LogP contribution in [0.5, 0.6) is 0 Å². The highest BCUT2D eigenvalue weighted by atomic mass is 19.1. The molecule has 0 aliphatic rings. The quantitative estimate of drug-likeness (QED) is 0.470. The van der Waals surface area contributed by atoms with Crippen molar-refractivity contribution in [3.05, 3.63) is 35.8 Å². The summed E-state index contributed by atoms with van der Waals surface area (Å²) in [4.78, 5) is 12.0. The van der Waals surface area contributed by atoms with Crippen molar-refractivity contribution in [1.29, 1.82) is 0 Å². The molecule has 0 atom stereocenters. The van der Waals surface area contributed by atoms with E-state index >= 15 is 0 Å². The summed E-state index contributed by atoms with van der Waals surface area (Å²) in [6.45, 7) is 2.18. The van der Waals surface area contributed by atoms with Crippen LogP contribution in [0, 0.1) is 5.82 Å². The Hall–Kier alpha value is -1.64. The summed E-state index contributed by atoms with van der Waals surface area (Å²) in [5.74, 6) is -0.170. The number of ketones is 1. The van der Waals surface area contributed by atoms with Gasteiger partial charge in [0.2, 0.25) is 0 Å². The van der Waals surface area contributed by atoms with Gasteiger partial charge in [-0.2, -0.15) is 0 Å². The standard InChI is InChI=1S/C17H21FO2/c1-2-3-4-5-6-7-11-15(19)16-12-13-9-8-10-14(18)17(13)20-16/h8-10,12H,2-7,11H2,1H3. The zero-order valence-corrected chi connectivity index (χ0v) is 12.0. The lowest BCUT2D eigenvalue weighted by Crippen LogP contribution is -1.96. The first-order valence-electron chi connectivity index (χ1n) is 7.43. The van der Waals surface area contributed by atoms with Crippen molar-refractivity contribution in [3.63, 3.8) is 0 Å². The predicted octanol–water partition coefficient (Wildman–Crippen LogP) is 5.51. The summed E-state index contributed by atoms with van der Waals surface area (Å²) in [7, 11) is 0. The van der Waals surface area contributed by atoms with Gasteiger partial charge in [-0.05, 0) is 18.6 Å². The molecule has 0 N–H and O–H groups in total. The lowest BCUT2D eigenvalue weighted by molar-refractivity contribution is 0.0954. The van der Waals surface area contributed by atoms with E-state index in [4.69, 9.17) is 4.42 Å². The van der Waals surface area contributed by atoms with E-state index in [-0.39, 0.29) is 17.1 Å². The third-order valence-corrected chi connectivity index (χ3v) is 3.53. The lowest BCUT2D eigenvalue weighted by Gasteiger charge is -1.99. The maximum absolute atomic E-state index is 13.5. The van der Waals surface area contributed by atoms with Crippen molar-refractivity contribution in [2.45, 2.75) is 51.9 Å². The van der Waals surface area contributed by atoms with Gasteiger partial charge in [0.1, 0.15) is 0 Å². The Balaban J connectivity index is 1.86. The number of Topliss-reactive ketones (excluding diaryl/α,β-unsaturated/α-hetero) is 1. The molecule has 0 amide bonds. The number of unbranched alkanes of at least 4 members (excludes halogenated alkanes) is 5. The molecule has 20 heavy (non-hydrogen) atoms. The normalized spacial score (nSPS) is 11.1. The molecule has 2 nitrogen and oxygen atoms in total. The van der Waals surface area contributed by atoms with Gasteiger partial charge in [0.15, 0.2) is 22.9 Å². The van der Waals surface area contributed by atoms with E-state index in [2.05, 4.69) is 6.92 Å². The van der Waals surface area contributed by atoms with Crippen molar-refractivity contribution in [1.82, 2.24) is 0 Å². The molecule has 3 heteroatoms. The highest BCUT2D eigenvalue weighted by molar-refractivity contribution is 5.97. The smallest absolute Gasteiger partial charge is 0.198 e. The average Bonchev–Trinajstić information content (AvgIpc) is 2.88. The zero-order valence-electron chi connectivity index (χ0n) is 12.0. The third kappa shape index (κ3) is 3.69. The monoisotopic (exact) mass is 276 g/mol. The topological polar surface area (TPSA) is 30.2 Å². The van der Waals surface area contributed by atoms with Crippen molar-refractivity contribution in [3.8, 4) is 0 Å². The Morgan fingerprint density at radius 1 is 1.15 bits per heavy atom. The molecule has 1 aromatic heterocycles. The molecule has 0 saturated heterocycles. The first-order chi connectivity index (χ1) is 9.72. The molecule has 108 valence electrons. The van der Waals surface area contributed by atoms with E-state index in [0.29, 0.717) is 11.8 Å².